The Morgan fingerprint density at radius 2 is 1.55 bits per heavy atom. The van der Waals surface area contributed by atoms with E-state index in [1.54, 1.807) is 73.8 Å². The molecule has 2 heterocycles. The number of rotatable bonds is 7. The van der Waals surface area contributed by atoms with E-state index < -0.39 is 12.6 Å². The van der Waals surface area contributed by atoms with Crippen LogP contribution in [0, 0.1) is 23.7 Å². The maximum Gasteiger partial charge on any atom is 0.339 e. The first-order valence-electron chi connectivity index (χ1n) is 14.2. The maximum absolute atomic E-state index is 13.2. The molecule has 0 spiro atoms. The number of anilines is 1. The van der Waals surface area contributed by atoms with E-state index in [2.05, 4.69) is 0 Å². The van der Waals surface area contributed by atoms with Gasteiger partial charge in [0.2, 0.25) is 11.8 Å². The molecule has 4 aromatic rings. The Kier molecular flexibility index (Phi) is 6.34. The van der Waals surface area contributed by atoms with Gasteiger partial charge in [0.1, 0.15) is 5.75 Å². The summed E-state index contributed by atoms with van der Waals surface area (Å²) in [6, 6.07) is 22.6. The van der Waals surface area contributed by atoms with Crippen molar-refractivity contribution in [2.24, 2.45) is 23.7 Å². The molecule has 1 aliphatic heterocycles. The third-order valence-electron chi connectivity index (χ3n) is 9.03. The van der Waals surface area contributed by atoms with Crippen molar-refractivity contribution in [3.63, 3.8) is 0 Å². The smallest absolute Gasteiger partial charge is 0.339 e. The number of pyridine rings is 1. The van der Waals surface area contributed by atoms with E-state index in [0.717, 1.165) is 19.3 Å². The van der Waals surface area contributed by atoms with Crippen molar-refractivity contribution < 1.29 is 28.7 Å². The van der Waals surface area contributed by atoms with Crippen LogP contribution in [0.5, 0.6) is 5.75 Å². The molecule has 4 atom stereocenters. The van der Waals surface area contributed by atoms with E-state index in [-0.39, 0.29) is 35.0 Å². The Balaban J connectivity index is 1.13. The number of ketones is 1. The first kappa shape index (κ1) is 26.1. The molecule has 8 heteroatoms. The van der Waals surface area contributed by atoms with Crippen molar-refractivity contribution in [1.29, 1.82) is 0 Å². The zero-order valence-electron chi connectivity index (χ0n) is 23.0. The summed E-state index contributed by atoms with van der Waals surface area (Å²) in [5, 5.41) is 0.606. The molecule has 210 valence electrons. The zero-order valence-corrected chi connectivity index (χ0v) is 23.0. The summed E-state index contributed by atoms with van der Waals surface area (Å²) in [4.78, 5) is 58.5. The van der Waals surface area contributed by atoms with Gasteiger partial charge >= 0.3 is 5.97 Å². The largest absolute Gasteiger partial charge is 0.497 e. The molecule has 1 saturated heterocycles. The van der Waals surface area contributed by atoms with Crippen LogP contribution in [0.15, 0.2) is 78.9 Å². The third-order valence-corrected chi connectivity index (χ3v) is 9.03. The number of fused-ring (bicyclic) bond motifs is 6. The van der Waals surface area contributed by atoms with Gasteiger partial charge in [-0.05, 0) is 79.6 Å². The van der Waals surface area contributed by atoms with Crippen LogP contribution >= 0.6 is 0 Å². The number of para-hydroxylation sites is 1. The molecule has 3 fully saturated rings. The first-order valence-corrected chi connectivity index (χ1v) is 14.2. The van der Waals surface area contributed by atoms with Crippen molar-refractivity contribution >= 4 is 40.2 Å². The quantitative estimate of drug-likeness (QED) is 0.167. The van der Waals surface area contributed by atoms with Crippen LogP contribution in [0.3, 0.4) is 0 Å². The fourth-order valence-corrected chi connectivity index (χ4v) is 7.01. The molecule has 0 unspecified atom stereocenters. The van der Waals surface area contributed by atoms with Crippen LogP contribution in [0.4, 0.5) is 5.69 Å². The Morgan fingerprint density at radius 3 is 2.21 bits per heavy atom. The summed E-state index contributed by atoms with van der Waals surface area (Å²) in [6.07, 6.45) is 3.06. The van der Waals surface area contributed by atoms with Gasteiger partial charge in [0.15, 0.2) is 12.4 Å². The number of nitrogens with zero attached hydrogens (tertiary/aromatic N) is 2. The molecule has 2 saturated carbocycles. The number of benzene rings is 3. The minimum absolute atomic E-state index is 0.0806. The van der Waals surface area contributed by atoms with Crippen molar-refractivity contribution in [3.05, 3.63) is 90.0 Å². The number of esters is 1. The van der Waals surface area contributed by atoms with Crippen LogP contribution < -0.4 is 9.64 Å². The summed E-state index contributed by atoms with van der Waals surface area (Å²) in [5.41, 5.74) is 3.10. The highest BCUT2D eigenvalue weighted by molar-refractivity contribution is 6.22. The van der Waals surface area contributed by atoms with Crippen LogP contribution in [-0.2, 0) is 14.3 Å². The van der Waals surface area contributed by atoms with Gasteiger partial charge in [0, 0.05) is 16.5 Å². The highest BCUT2D eigenvalue weighted by atomic mass is 16.5. The van der Waals surface area contributed by atoms with Crippen molar-refractivity contribution in [2.75, 3.05) is 18.6 Å². The number of carbonyl (C=O) groups is 4. The summed E-state index contributed by atoms with van der Waals surface area (Å²) in [6.45, 7) is -0.409. The van der Waals surface area contributed by atoms with Crippen LogP contribution in [0.1, 0.15) is 40.0 Å². The lowest BCUT2D eigenvalue weighted by Gasteiger charge is -2.19. The summed E-state index contributed by atoms with van der Waals surface area (Å²) >= 11 is 0. The van der Waals surface area contributed by atoms with Gasteiger partial charge in [-0.1, -0.05) is 30.3 Å². The summed E-state index contributed by atoms with van der Waals surface area (Å²) in [7, 11) is 1.54. The normalized spacial score (nSPS) is 22.5. The Hall–Kier alpha value is -4.85. The van der Waals surface area contributed by atoms with Crippen LogP contribution in [0.25, 0.3) is 22.2 Å². The van der Waals surface area contributed by atoms with E-state index in [4.69, 9.17) is 14.5 Å². The highest BCUT2D eigenvalue weighted by Crippen LogP contribution is 2.56. The molecule has 2 amide bonds. The summed E-state index contributed by atoms with van der Waals surface area (Å²) in [5.74, 6) is -0.205. The number of Topliss-reactive ketones (excluding diaryl/α,β-unsaturated/α-hetero) is 1. The summed E-state index contributed by atoms with van der Waals surface area (Å²) < 4.78 is 10.6. The maximum atomic E-state index is 13.2. The predicted molar refractivity (Wildman–Crippen MR) is 155 cm³/mol. The van der Waals surface area contributed by atoms with Crippen LogP contribution in [0.2, 0.25) is 0 Å². The molecule has 1 aromatic heterocycles. The number of imide groups is 1. The predicted octanol–water partition coefficient (Wildman–Crippen LogP) is 5.49. The van der Waals surface area contributed by atoms with Gasteiger partial charge < -0.3 is 9.47 Å². The highest BCUT2D eigenvalue weighted by Gasteiger charge is 2.61. The number of carbonyl (C=O) groups excluding carboxylic acids is 4. The number of methoxy groups -OCH3 is 1. The zero-order chi connectivity index (χ0) is 29.0. The second-order valence-electron chi connectivity index (χ2n) is 11.2. The van der Waals surface area contributed by atoms with Gasteiger partial charge in [0.05, 0.1) is 41.4 Å². The number of ether oxygens (including phenoxy) is 2. The molecule has 3 aliphatic rings. The van der Waals surface area contributed by atoms with Gasteiger partial charge in [-0.2, -0.15) is 0 Å². The number of hydrogen-bond donors (Lipinski definition) is 0. The minimum Gasteiger partial charge on any atom is -0.497 e. The van der Waals surface area contributed by atoms with Crippen molar-refractivity contribution in [3.8, 4) is 17.0 Å². The molecular formula is C34H28N2O6. The number of amides is 2. The SMILES string of the molecule is COc1ccc(C(=O)COC(=O)c2cc(-c3ccc(N4C(=O)[C@@H]5[C@H]6CC[C@@H](C6)[C@H]5C4=O)cc3)nc3ccccc23)cc1. The van der Waals surface area contributed by atoms with E-state index in [1.165, 1.54) is 4.90 Å². The fraction of sp³-hybridized carbons (Fsp3) is 0.265. The lowest BCUT2D eigenvalue weighted by Crippen LogP contribution is -2.32. The minimum atomic E-state index is -0.636. The fourth-order valence-electron chi connectivity index (χ4n) is 7.01. The average molecular weight is 561 g/mol. The molecule has 0 N–H and O–H groups in total. The van der Waals surface area contributed by atoms with Crippen molar-refractivity contribution in [2.45, 2.75) is 19.3 Å². The van der Waals surface area contributed by atoms with Gasteiger partial charge in [-0.25, -0.2) is 9.78 Å². The average Bonchev–Trinajstić information content (AvgIpc) is 3.72. The molecule has 0 radical (unpaired) electrons. The molecule has 7 rings (SSSR count). The molecule has 2 bridgehead atoms. The van der Waals surface area contributed by atoms with E-state index >= 15 is 0 Å². The van der Waals surface area contributed by atoms with Crippen molar-refractivity contribution in [1.82, 2.24) is 4.98 Å². The topological polar surface area (TPSA) is 103 Å². The molecule has 3 aromatic carbocycles. The monoisotopic (exact) mass is 560 g/mol. The van der Waals surface area contributed by atoms with E-state index in [9.17, 15) is 19.2 Å². The molecule has 8 nitrogen and oxygen atoms in total. The lowest BCUT2D eigenvalue weighted by atomic mass is 9.81. The third kappa shape index (κ3) is 4.26. The van der Waals surface area contributed by atoms with E-state index in [0.29, 0.717) is 51.0 Å². The number of hydrogen-bond acceptors (Lipinski definition) is 7. The number of aromatic nitrogens is 1. The van der Waals surface area contributed by atoms with Crippen LogP contribution in [-0.4, -0.2) is 42.3 Å². The standard InChI is InChI=1S/C34H28N2O6/c1-41-24-14-10-20(11-15-24)29(37)18-42-34(40)26-17-28(35-27-5-3-2-4-25(26)27)19-8-12-23(13-9-19)36-32(38)30-21-6-7-22(16-21)31(30)33(36)39/h2-5,8-15,17,21-22,30-31H,6-7,16,18H2,1H3/t21-,22-,30+,31+/m0/s1. The Bertz CT molecular complexity index is 1720. The molecule has 42 heavy (non-hydrogen) atoms. The Labute approximate surface area is 242 Å². The van der Waals surface area contributed by atoms with Gasteiger partial charge in [-0.3, -0.25) is 19.3 Å². The second kappa shape index (κ2) is 10.2. The lowest BCUT2D eigenvalue weighted by molar-refractivity contribution is -0.123. The first-order chi connectivity index (χ1) is 20.4. The Morgan fingerprint density at radius 1 is 0.881 bits per heavy atom. The molecule has 2 aliphatic carbocycles. The van der Waals surface area contributed by atoms with Gasteiger partial charge in [-0.15, -0.1) is 0 Å². The van der Waals surface area contributed by atoms with E-state index in [1.807, 2.05) is 12.1 Å². The molecular weight excluding hydrogens is 532 g/mol. The van der Waals surface area contributed by atoms with Gasteiger partial charge in [0.25, 0.3) is 0 Å². The second-order valence-corrected chi connectivity index (χ2v) is 11.2.